The largest absolute Gasteiger partial charge is 0.423 e. The van der Waals surface area contributed by atoms with E-state index in [1.54, 1.807) is 54.6 Å². The second-order valence-corrected chi connectivity index (χ2v) is 17.6. The number of aryl methyl sites for hydroxylation is 3. The first kappa shape index (κ1) is 47.9. The highest BCUT2D eigenvalue weighted by atomic mass is 16.5. The summed E-state index contributed by atoms with van der Waals surface area (Å²) < 4.78 is 17.1. The van der Waals surface area contributed by atoms with Crippen molar-refractivity contribution in [2.24, 2.45) is 0 Å². The van der Waals surface area contributed by atoms with Crippen molar-refractivity contribution >= 4 is 50.8 Å². The van der Waals surface area contributed by atoms with Crippen LogP contribution in [-0.2, 0) is 20.8 Å². The molecular weight excluding hydrogens is 939 g/mol. The number of ether oxygens (including phenoxy) is 2. The SMILES string of the molecule is C=CC(=O)Cc1ccc(-n2c(-c3ccc(C#N)cc3C)nc3c2c2nc(-c4ccc(C#N)cc4C)n(-c4ccc(OC(=O)C=C)cc4)c2c2nc(-c4ccc(C#N)cc4C)n(-c4ccc(OC(=O)C=C)cc4)c32)cc1. The summed E-state index contributed by atoms with van der Waals surface area (Å²) in [4.78, 5) is 54.2. The van der Waals surface area contributed by atoms with Gasteiger partial charge in [0.15, 0.2) is 5.78 Å². The van der Waals surface area contributed by atoms with Crippen LogP contribution in [-0.4, -0.2) is 46.4 Å². The Hall–Kier alpha value is -10.8. The van der Waals surface area contributed by atoms with E-state index in [0.717, 1.165) is 34.4 Å². The fourth-order valence-electron chi connectivity index (χ4n) is 9.34. The highest BCUT2D eigenvalue weighted by Crippen LogP contribution is 2.45. The molecule has 10 aromatic rings. The molecule has 14 heteroatoms. The lowest BCUT2D eigenvalue weighted by Gasteiger charge is -2.14. The Bertz CT molecular complexity index is 3750. The number of carbonyl (C=O) groups is 3. The van der Waals surface area contributed by atoms with E-state index < -0.39 is 11.9 Å². The van der Waals surface area contributed by atoms with Crippen molar-refractivity contribution in [3.05, 3.63) is 204 Å². The van der Waals surface area contributed by atoms with E-state index in [2.05, 4.69) is 37.9 Å². The summed E-state index contributed by atoms with van der Waals surface area (Å²) in [6.07, 6.45) is 3.61. The number of carbonyl (C=O) groups excluding carboxylic acids is 3. The summed E-state index contributed by atoms with van der Waals surface area (Å²) in [6.45, 7) is 16.5. The average Bonchev–Trinajstić information content (AvgIpc) is 4.16. The zero-order valence-corrected chi connectivity index (χ0v) is 40.8. The second-order valence-electron chi connectivity index (χ2n) is 17.6. The van der Waals surface area contributed by atoms with Gasteiger partial charge in [0.2, 0.25) is 0 Å². The molecule has 0 radical (unpaired) electrons. The first-order valence-corrected chi connectivity index (χ1v) is 23.4. The lowest BCUT2D eigenvalue weighted by Crippen LogP contribution is -2.04. The zero-order valence-electron chi connectivity index (χ0n) is 40.8. The molecule has 3 heterocycles. The third-order valence-corrected chi connectivity index (χ3v) is 12.9. The average molecular weight is 980 g/mol. The molecule has 0 fully saturated rings. The fraction of sp³-hybridized carbons (Fsp3) is 0.0656. The van der Waals surface area contributed by atoms with Crippen LogP contribution < -0.4 is 9.47 Å². The summed E-state index contributed by atoms with van der Waals surface area (Å²) in [5.74, 6) is 0.640. The van der Waals surface area contributed by atoms with E-state index in [9.17, 15) is 30.2 Å². The van der Waals surface area contributed by atoms with Gasteiger partial charge in [-0.05, 0) is 164 Å². The Labute approximate surface area is 429 Å². The minimum Gasteiger partial charge on any atom is -0.423 e. The number of esters is 2. The van der Waals surface area contributed by atoms with Crippen LogP contribution in [0.1, 0.15) is 38.9 Å². The lowest BCUT2D eigenvalue weighted by atomic mass is 10.0. The number of rotatable bonds is 13. The Morgan fingerprint density at radius 3 is 1.08 bits per heavy atom. The van der Waals surface area contributed by atoms with E-state index >= 15 is 0 Å². The van der Waals surface area contributed by atoms with Gasteiger partial charge in [-0.15, -0.1) is 0 Å². The maximum Gasteiger partial charge on any atom is 0.335 e. The molecule has 0 N–H and O–H groups in total. The van der Waals surface area contributed by atoms with Crippen molar-refractivity contribution in [2.45, 2.75) is 27.2 Å². The molecule has 7 aromatic carbocycles. The Morgan fingerprint density at radius 2 is 0.800 bits per heavy atom. The standard InChI is InChI=1S/C61H41N9O5/c1-7-45(71)31-38-10-15-42(16-11-38)68-56-53(65-59(68)48-25-12-39(32-62)28-35(48)4)57-55(67-61(50-27-14-41(34-64)30-37(50)6)69(57)43-17-21-46(22-18-43)74-51(72)8-2)58-54(56)66-60(49-26-13-40(33-63)29-36(49)5)70(58)44-19-23-47(24-20-44)75-52(73)9-3/h7-30H,1-3,31H2,4-6H3. The smallest absolute Gasteiger partial charge is 0.335 e. The summed E-state index contributed by atoms with van der Waals surface area (Å²) in [5, 5.41) is 30.0. The van der Waals surface area contributed by atoms with Gasteiger partial charge < -0.3 is 9.47 Å². The van der Waals surface area contributed by atoms with E-state index in [0.29, 0.717) is 101 Å². The van der Waals surface area contributed by atoms with Crippen molar-refractivity contribution in [3.8, 4) is 80.9 Å². The number of hydrogen-bond donors (Lipinski definition) is 0. The van der Waals surface area contributed by atoms with Gasteiger partial charge in [-0.3, -0.25) is 18.5 Å². The van der Waals surface area contributed by atoms with E-state index in [1.165, 1.54) is 6.08 Å². The van der Waals surface area contributed by atoms with Gasteiger partial charge in [0, 0.05) is 52.3 Å². The van der Waals surface area contributed by atoms with Gasteiger partial charge >= 0.3 is 11.9 Å². The summed E-state index contributed by atoms with van der Waals surface area (Å²) >= 11 is 0. The number of ketones is 1. The monoisotopic (exact) mass is 979 g/mol. The molecule has 0 aliphatic carbocycles. The zero-order chi connectivity index (χ0) is 52.7. The number of imidazole rings is 3. The molecule has 10 rings (SSSR count). The van der Waals surface area contributed by atoms with Crippen LogP contribution in [0.5, 0.6) is 11.5 Å². The van der Waals surface area contributed by atoms with Gasteiger partial charge in [0.05, 0.1) is 34.9 Å². The number of aromatic nitrogens is 6. The number of nitriles is 3. The predicted octanol–water partition coefficient (Wildman–Crippen LogP) is 11.7. The van der Waals surface area contributed by atoms with Gasteiger partial charge in [-0.2, -0.15) is 15.8 Å². The van der Waals surface area contributed by atoms with E-state index in [1.807, 2.05) is 107 Å². The number of fused-ring (bicyclic) bond motifs is 6. The summed E-state index contributed by atoms with van der Waals surface area (Å²) in [5.41, 5.74) is 11.6. The Balaban J connectivity index is 1.45. The van der Waals surface area contributed by atoms with Crippen molar-refractivity contribution in [1.82, 2.24) is 28.7 Å². The summed E-state index contributed by atoms with van der Waals surface area (Å²) in [7, 11) is 0. The molecule has 0 spiro atoms. The van der Waals surface area contributed by atoms with Gasteiger partial charge in [-0.25, -0.2) is 24.5 Å². The van der Waals surface area contributed by atoms with Crippen LogP contribution in [0.3, 0.4) is 0 Å². The lowest BCUT2D eigenvalue weighted by molar-refractivity contribution is -0.129. The third-order valence-electron chi connectivity index (χ3n) is 12.9. The second kappa shape index (κ2) is 19.5. The number of allylic oxidation sites excluding steroid dienone is 1. The van der Waals surface area contributed by atoms with Gasteiger partial charge in [-0.1, -0.05) is 31.9 Å². The number of nitrogens with zero attached hydrogens (tertiary/aromatic N) is 9. The molecular formula is C61H41N9O5. The topological polar surface area (TPSA) is 194 Å². The molecule has 0 saturated carbocycles. The molecule has 75 heavy (non-hydrogen) atoms. The molecule has 14 nitrogen and oxygen atoms in total. The van der Waals surface area contributed by atoms with Crippen LogP contribution in [0, 0.1) is 54.8 Å². The van der Waals surface area contributed by atoms with Gasteiger partial charge in [0.1, 0.15) is 62.1 Å². The minimum atomic E-state index is -0.626. The van der Waals surface area contributed by atoms with Crippen LogP contribution in [0.25, 0.3) is 84.3 Å². The number of benzene rings is 7. The molecule has 0 bridgehead atoms. The van der Waals surface area contributed by atoms with Crippen molar-refractivity contribution in [2.75, 3.05) is 0 Å². The fourth-order valence-corrected chi connectivity index (χ4v) is 9.34. The van der Waals surface area contributed by atoms with E-state index in [-0.39, 0.29) is 23.7 Å². The summed E-state index contributed by atoms with van der Waals surface area (Å²) in [6, 6.07) is 44.5. The molecule has 0 amide bonds. The quantitative estimate of drug-likeness (QED) is 0.0606. The van der Waals surface area contributed by atoms with Crippen LogP contribution in [0.4, 0.5) is 0 Å². The first-order chi connectivity index (χ1) is 36.4. The Morgan fingerprint density at radius 1 is 0.480 bits per heavy atom. The normalized spacial score (nSPS) is 10.9. The molecule has 360 valence electrons. The molecule has 0 aliphatic heterocycles. The molecule has 0 atom stereocenters. The minimum absolute atomic E-state index is 0.134. The van der Waals surface area contributed by atoms with Crippen LogP contribution >= 0.6 is 0 Å². The highest BCUT2D eigenvalue weighted by Gasteiger charge is 2.31. The highest BCUT2D eigenvalue weighted by molar-refractivity contribution is 6.22. The maximum absolute atomic E-state index is 12.6. The first-order valence-electron chi connectivity index (χ1n) is 23.4. The van der Waals surface area contributed by atoms with Crippen LogP contribution in [0.2, 0.25) is 0 Å². The third kappa shape index (κ3) is 8.59. The molecule has 0 aliphatic rings. The maximum atomic E-state index is 12.6. The molecule has 0 saturated heterocycles. The van der Waals surface area contributed by atoms with Gasteiger partial charge in [0.25, 0.3) is 0 Å². The van der Waals surface area contributed by atoms with Crippen LogP contribution in [0.15, 0.2) is 165 Å². The number of hydrogen-bond acceptors (Lipinski definition) is 11. The van der Waals surface area contributed by atoms with Crippen molar-refractivity contribution < 1.29 is 23.9 Å². The van der Waals surface area contributed by atoms with Crippen molar-refractivity contribution in [3.63, 3.8) is 0 Å². The molecule has 3 aromatic heterocycles. The van der Waals surface area contributed by atoms with E-state index in [4.69, 9.17) is 24.4 Å². The van der Waals surface area contributed by atoms with Crippen molar-refractivity contribution in [1.29, 1.82) is 15.8 Å². The predicted molar refractivity (Wildman–Crippen MR) is 286 cm³/mol. The molecule has 0 unspecified atom stereocenters. The Kier molecular flexibility index (Phi) is 12.4.